The molecule has 0 radical (unpaired) electrons. The minimum Gasteiger partial charge on any atom is -0.369 e. The Labute approximate surface area is 108 Å². The Bertz CT molecular complexity index is 432. The third-order valence-electron chi connectivity index (χ3n) is 1.96. The van der Waals surface area contributed by atoms with E-state index < -0.39 is 7.75 Å². The van der Waals surface area contributed by atoms with Crippen LogP contribution in [0.25, 0.3) is 0 Å². The lowest BCUT2D eigenvalue weighted by Gasteiger charge is -2.23. The Balaban J connectivity index is 2.41. The quantitative estimate of drug-likeness (QED) is 0.235. The molecule has 18 heavy (non-hydrogen) atoms. The molecule has 1 rings (SSSR count). The van der Waals surface area contributed by atoms with Gasteiger partial charge in [-0.25, -0.2) is 14.2 Å². The molecule has 0 amide bonds. The summed E-state index contributed by atoms with van der Waals surface area (Å²) in [4.78, 5) is 25.7. The molecule has 5 N–H and O–H groups in total. The summed E-state index contributed by atoms with van der Waals surface area (Å²) in [6, 6.07) is 0. The Kier molecular flexibility index (Phi) is 5.60. The number of nitrogens with two attached hydrogens (primary N) is 1. The highest BCUT2D eigenvalue weighted by Gasteiger charge is 2.26. The van der Waals surface area contributed by atoms with Gasteiger partial charge in [-0.15, -0.1) is 0 Å². The van der Waals surface area contributed by atoms with Crippen molar-refractivity contribution < 1.29 is 14.4 Å². The van der Waals surface area contributed by atoms with E-state index in [-0.39, 0.29) is 12.5 Å². The Hall–Kier alpha value is -1.09. The molecule has 0 fully saturated rings. The molecular weight excluding hydrogens is 279 g/mol. The van der Waals surface area contributed by atoms with Crippen LogP contribution in [0.4, 0.5) is 0 Å². The smallest absolute Gasteiger partial charge is 0.369 e. The first-order valence-corrected chi connectivity index (χ1v) is 7.65. The van der Waals surface area contributed by atoms with Crippen LogP contribution < -0.4 is 5.73 Å². The van der Waals surface area contributed by atoms with Gasteiger partial charge in [0.25, 0.3) is 0 Å². The van der Waals surface area contributed by atoms with Gasteiger partial charge >= 0.3 is 7.75 Å². The van der Waals surface area contributed by atoms with Crippen LogP contribution in [0.1, 0.15) is 5.82 Å². The van der Waals surface area contributed by atoms with Crippen molar-refractivity contribution in [1.82, 2.24) is 19.9 Å². The fourth-order valence-corrected chi connectivity index (χ4v) is 2.75. The van der Waals surface area contributed by atoms with Gasteiger partial charge in [-0.1, -0.05) is 0 Å². The maximum absolute atomic E-state index is 11.2. The van der Waals surface area contributed by atoms with Crippen LogP contribution in [0.15, 0.2) is 11.3 Å². The van der Waals surface area contributed by atoms with E-state index in [2.05, 4.69) is 20.2 Å². The molecule has 11 heteroatoms. The zero-order valence-corrected chi connectivity index (χ0v) is 11.4. The standard InChI is InChI=1S/C7H15N6O3PS/c1-9-7(8)13(17(14,15)16)2-3-18-4-6-10-5-11-12-6/h5H,2-4H2,1H3,(H2,8,9)(H,10,11,12)(H2,14,15,16). The van der Waals surface area contributed by atoms with Crippen molar-refractivity contribution in [2.75, 3.05) is 19.3 Å². The second-order valence-electron chi connectivity index (χ2n) is 3.20. The zero-order chi connectivity index (χ0) is 13.6. The summed E-state index contributed by atoms with van der Waals surface area (Å²) in [5.41, 5.74) is 5.43. The Morgan fingerprint density at radius 1 is 1.72 bits per heavy atom. The number of guanidine groups is 1. The number of hydrogen-bond acceptors (Lipinski definition) is 5. The number of rotatable bonds is 6. The van der Waals surface area contributed by atoms with E-state index in [4.69, 9.17) is 15.5 Å². The highest BCUT2D eigenvalue weighted by Crippen LogP contribution is 2.39. The van der Waals surface area contributed by atoms with Crippen molar-refractivity contribution >= 4 is 25.5 Å². The van der Waals surface area contributed by atoms with Crippen LogP contribution in [0.3, 0.4) is 0 Å². The van der Waals surface area contributed by atoms with Crippen molar-refractivity contribution in [2.45, 2.75) is 5.75 Å². The average Bonchev–Trinajstić information content (AvgIpc) is 2.79. The molecule has 0 bridgehead atoms. The number of aromatic nitrogens is 3. The number of aliphatic imine (C=N–C) groups is 1. The summed E-state index contributed by atoms with van der Waals surface area (Å²) in [7, 11) is -3.05. The van der Waals surface area contributed by atoms with E-state index in [0.29, 0.717) is 17.3 Å². The van der Waals surface area contributed by atoms with Crippen LogP contribution in [0.2, 0.25) is 0 Å². The lowest BCUT2D eigenvalue weighted by molar-refractivity contribution is 0.319. The second kappa shape index (κ2) is 6.74. The lowest BCUT2D eigenvalue weighted by Crippen LogP contribution is -2.36. The number of nitrogens with zero attached hydrogens (tertiary/aromatic N) is 4. The van der Waals surface area contributed by atoms with Crippen molar-refractivity contribution in [3.05, 3.63) is 12.2 Å². The van der Waals surface area contributed by atoms with E-state index >= 15 is 0 Å². The van der Waals surface area contributed by atoms with E-state index in [9.17, 15) is 4.57 Å². The molecule has 1 aromatic heterocycles. The van der Waals surface area contributed by atoms with E-state index in [1.807, 2.05) is 0 Å². The fourth-order valence-electron chi connectivity index (χ4n) is 1.11. The minimum absolute atomic E-state index is 0.103. The monoisotopic (exact) mass is 294 g/mol. The molecule has 1 aromatic rings. The number of aromatic amines is 1. The van der Waals surface area contributed by atoms with Crippen LogP contribution in [0.5, 0.6) is 0 Å². The summed E-state index contributed by atoms with van der Waals surface area (Å²) < 4.78 is 12.0. The molecule has 9 nitrogen and oxygen atoms in total. The van der Waals surface area contributed by atoms with Crippen LogP contribution in [-0.2, 0) is 10.3 Å². The van der Waals surface area contributed by atoms with Gasteiger partial charge < -0.3 is 15.5 Å². The van der Waals surface area contributed by atoms with Gasteiger partial charge in [0.1, 0.15) is 12.2 Å². The molecule has 0 aliphatic heterocycles. The van der Waals surface area contributed by atoms with Crippen LogP contribution >= 0.6 is 19.5 Å². The third kappa shape index (κ3) is 4.65. The summed E-state index contributed by atoms with van der Waals surface area (Å²) >= 11 is 1.45. The van der Waals surface area contributed by atoms with Crippen molar-refractivity contribution in [3.63, 3.8) is 0 Å². The molecule has 0 aliphatic carbocycles. The molecule has 1 heterocycles. The lowest BCUT2D eigenvalue weighted by atomic mass is 10.7. The minimum atomic E-state index is -4.42. The molecule has 102 valence electrons. The summed E-state index contributed by atoms with van der Waals surface area (Å²) in [6.07, 6.45) is 1.40. The number of nitrogens with one attached hydrogen (secondary N) is 1. The maximum Gasteiger partial charge on any atom is 0.432 e. The first-order chi connectivity index (χ1) is 8.45. The normalized spacial score (nSPS) is 12.7. The largest absolute Gasteiger partial charge is 0.432 e. The Morgan fingerprint density at radius 2 is 2.44 bits per heavy atom. The molecule has 0 aromatic carbocycles. The van der Waals surface area contributed by atoms with Crippen molar-refractivity contribution in [2.24, 2.45) is 10.7 Å². The molecule has 0 spiro atoms. The number of H-pyrrole nitrogens is 1. The first kappa shape index (κ1) is 15.0. The predicted octanol–water partition coefficient (Wildman–Crippen LogP) is -0.623. The van der Waals surface area contributed by atoms with Crippen LogP contribution in [0, 0.1) is 0 Å². The zero-order valence-electron chi connectivity index (χ0n) is 9.72. The Morgan fingerprint density at radius 3 is 2.94 bits per heavy atom. The number of thioether (sulfide) groups is 1. The van der Waals surface area contributed by atoms with Crippen LogP contribution in [-0.4, -0.2) is 54.9 Å². The molecule has 0 saturated heterocycles. The van der Waals surface area contributed by atoms with Gasteiger partial charge in [-0.2, -0.15) is 16.9 Å². The molecular formula is C7H15N6O3PS. The molecule has 0 aliphatic rings. The van der Waals surface area contributed by atoms with Crippen molar-refractivity contribution in [3.8, 4) is 0 Å². The predicted molar refractivity (Wildman–Crippen MR) is 68.8 cm³/mol. The summed E-state index contributed by atoms with van der Waals surface area (Å²) in [5.74, 6) is 1.59. The first-order valence-electron chi connectivity index (χ1n) is 4.93. The second-order valence-corrected chi connectivity index (χ2v) is 5.82. The summed E-state index contributed by atoms with van der Waals surface area (Å²) in [5, 5.41) is 6.39. The topological polar surface area (TPSA) is 141 Å². The van der Waals surface area contributed by atoms with Gasteiger partial charge in [0, 0.05) is 19.3 Å². The van der Waals surface area contributed by atoms with Crippen molar-refractivity contribution in [1.29, 1.82) is 0 Å². The van der Waals surface area contributed by atoms with E-state index in [0.717, 1.165) is 4.67 Å². The SMILES string of the molecule is CN=C(N)N(CCSCc1ncn[nH]1)P(=O)(O)O. The molecule has 0 unspecified atom stereocenters. The van der Waals surface area contributed by atoms with Gasteiger partial charge in [0.15, 0.2) is 5.96 Å². The highest BCUT2D eigenvalue weighted by atomic mass is 32.2. The van der Waals surface area contributed by atoms with Gasteiger partial charge in [0.2, 0.25) is 0 Å². The number of hydrogen-bond donors (Lipinski definition) is 4. The molecule has 0 atom stereocenters. The van der Waals surface area contributed by atoms with E-state index in [1.165, 1.54) is 25.1 Å². The average molecular weight is 294 g/mol. The summed E-state index contributed by atoms with van der Waals surface area (Å²) in [6.45, 7) is 0.103. The van der Waals surface area contributed by atoms with Gasteiger partial charge in [0.05, 0.1) is 5.75 Å². The fraction of sp³-hybridized carbons (Fsp3) is 0.571. The highest BCUT2D eigenvalue weighted by molar-refractivity contribution is 7.98. The van der Waals surface area contributed by atoms with E-state index in [1.54, 1.807) is 0 Å². The third-order valence-corrected chi connectivity index (χ3v) is 3.94. The van der Waals surface area contributed by atoms with Gasteiger partial charge in [-0.3, -0.25) is 10.1 Å². The van der Waals surface area contributed by atoms with Gasteiger partial charge in [-0.05, 0) is 0 Å². The molecule has 0 saturated carbocycles. The maximum atomic E-state index is 11.2.